The summed E-state index contributed by atoms with van der Waals surface area (Å²) in [4.78, 5) is 36.2. The molecule has 0 aliphatic carbocycles. The van der Waals surface area contributed by atoms with Gasteiger partial charge >= 0.3 is 5.97 Å². The monoisotopic (exact) mass is 384 g/mol. The second kappa shape index (κ2) is 7.78. The smallest absolute Gasteiger partial charge is 0.326 e. The predicted octanol–water partition coefficient (Wildman–Crippen LogP) is 2.26. The summed E-state index contributed by atoms with van der Waals surface area (Å²) < 4.78 is 0.130. The Hall–Kier alpha value is -1.90. The van der Waals surface area contributed by atoms with Crippen LogP contribution in [-0.2, 0) is 14.4 Å². The van der Waals surface area contributed by atoms with E-state index in [9.17, 15) is 19.5 Å². The molecule has 1 unspecified atom stereocenters. The summed E-state index contributed by atoms with van der Waals surface area (Å²) in [7, 11) is 0. The lowest BCUT2D eigenvalue weighted by molar-refractivity contribution is -0.145. The van der Waals surface area contributed by atoms with Gasteiger partial charge in [0, 0.05) is 11.4 Å². The van der Waals surface area contributed by atoms with Gasteiger partial charge in [-0.1, -0.05) is 47.7 Å². The second-order valence-electron chi connectivity index (χ2n) is 4.97. The van der Waals surface area contributed by atoms with Crippen LogP contribution in [0.3, 0.4) is 0 Å². The van der Waals surface area contributed by atoms with Gasteiger partial charge in [0.15, 0.2) is 0 Å². The Morgan fingerprint density at radius 2 is 2.17 bits per heavy atom. The number of primary amides is 1. The normalized spacial score (nSPS) is 17.4. The third kappa shape index (κ3) is 4.34. The third-order valence-corrected chi connectivity index (χ3v) is 4.80. The molecule has 126 valence electrons. The summed E-state index contributed by atoms with van der Waals surface area (Å²) in [5, 5.41) is 9.86. The van der Waals surface area contributed by atoms with E-state index in [2.05, 4.69) is 0 Å². The molecule has 1 aliphatic rings. The highest BCUT2D eigenvalue weighted by molar-refractivity contribution is 8.26. The van der Waals surface area contributed by atoms with Crippen molar-refractivity contribution in [3.63, 3.8) is 0 Å². The number of rotatable bonds is 6. The van der Waals surface area contributed by atoms with Gasteiger partial charge < -0.3 is 10.8 Å². The topological polar surface area (TPSA) is 101 Å². The lowest BCUT2D eigenvalue weighted by Crippen LogP contribution is -2.44. The number of carboxylic acids is 1. The van der Waals surface area contributed by atoms with Crippen LogP contribution in [0, 0.1) is 0 Å². The predicted molar refractivity (Wildman–Crippen MR) is 96.3 cm³/mol. The number of thiocarbonyl (C=S) groups is 1. The number of halogens is 1. The van der Waals surface area contributed by atoms with E-state index in [0.717, 1.165) is 16.7 Å². The molecule has 0 saturated carbocycles. The zero-order valence-electron chi connectivity index (χ0n) is 12.3. The van der Waals surface area contributed by atoms with E-state index in [-0.39, 0.29) is 17.2 Å². The van der Waals surface area contributed by atoms with Crippen LogP contribution in [-0.4, -0.2) is 38.2 Å². The molecule has 24 heavy (non-hydrogen) atoms. The van der Waals surface area contributed by atoms with Crippen LogP contribution in [0.2, 0.25) is 5.02 Å². The zero-order valence-corrected chi connectivity index (χ0v) is 14.7. The standard InChI is InChI=1S/C15H13ClN2O4S2/c16-9-3-1-2-8(6-9)7-11-13(20)18(15(23)24-11)10(14(21)22)4-5-12(17)19/h1-3,6-7,10H,4-5H2,(H2,17,19)(H,21,22)/b11-7-. The number of amides is 2. The summed E-state index contributed by atoms with van der Waals surface area (Å²) in [6, 6.07) is 5.65. The number of aliphatic carboxylic acids is 1. The van der Waals surface area contributed by atoms with Crippen molar-refractivity contribution >= 4 is 63.8 Å². The third-order valence-electron chi connectivity index (χ3n) is 3.23. The van der Waals surface area contributed by atoms with Gasteiger partial charge in [-0.25, -0.2) is 4.79 Å². The van der Waals surface area contributed by atoms with E-state index in [4.69, 9.17) is 29.6 Å². The number of carboxylic acid groups (broad SMARTS) is 1. The van der Waals surface area contributed by atoms with Crippen molar-refractivity contribution in [3.8, 4) is 0 Å². The fourth-order valence-corrected chi connectivity index (χ4v) is 3.69. The molecule has 2 amide bonds. The van der Waals surface area contributed by atoms with Gasteiger partial charge in [-0.2, -0.15) is 0 Å². The first-order chi connectivity index (χ1) is 11.3. The molecule has 1 saturated heterocycles. The van der Waals surface area contributed by atoms with E-state index >= 15 is 0 Å². The van der Waals surface area contributed by atoms with Gasteiger partial charge in [0.2, 0.25) is 5.91 Å². The Bertz CT molecular complexity index is 751. The first-order valence-corrected chi connectivity index (χ1v) is 8.43. The summed E-state index contributed by atoms with van der Waals surface area (Å²) >= 11 is 12.1. The molecule has 9 heteroatoms. The fraction of sp³-hybridized carbons (Fsp3) is 0.200. The number of thioether (sulfide) groups is 1. The lowest BCUT2D eigenvalue weighted by atomic mass is 10.1. The average molecular weight is 385 g/mol. The summed E-state index contributed by atoms with van der Waals surface area (Å²) in [6.45, 7) is 0. The van der Waals surface area contributed by atoms with Crippen molar-refractivity contribution in [2.24, 2.45) is 5.73 Å². The largest absolute Gasteiger partial charge is 0.480 e. The molecular weight excluding hydrogens is 372 g/mol. The van der Waals surface area contributed by atoms with Crippen LogP contribution in [0.4, 0.5) is 0 Å². The van der Waals surface area contributed by atoms with Crippen LogP contribution >= 0.6 is 35.6 Å². The van der Waals surface area contributed by atoms with Gasteiger partial charge in [0.1, 0.15) is 10.4 Å². The van der Waals surface area contributed by atoms with E-state index < -0.39 is 23.8 Å². The maximum Gasteiger partial charge on any atom is 0.326 e. The molecule has 3 N–H and O–H groups in total. The molecule has 1 aromatic carbocycles. The van der Waals surface area contributed by atoms with E-state index in [0.29, 0.717) is 15.5 Å². The van der Waals surface area contributed by atoms with Gasteiger partial charge in [-0.3, -0.25) is 14.5 Å². The second-order valence-corrected chi connectivity index (χ2v) is 7.08. The minimum absolute atomic E-state index is 0.0957. The van der Waals surface area contributed by atoms with Crippen LogP contribution in [0.25, 0.3) is 6.08 Å². The van der Waals surface area contributed by atoms with Crippen molar-refractivity contribution in [3.05, 3.63) is 39.8 Å². The molecule has 0 aromatic heterocycles. The summed E-state index contributed by atoms with van der Waals surface area (Å²) in [6.07, 6.45) is 1.35. The molecule has 6 nitrogen and oxygen atoms in total. The number of carbonyl (C=O) groups is 3. The Kier molecular flexibility index (Phi) is 5.98. The molecule has 1 atom stereocenters. The summed E-state index contributed by atoms with van der Waals surface area (Å²) in [5.41, 5.74) is 5.76. The van der Waals surface area contributed by atoms with Crippen LogP contribution in [0.1, 0.15) is 18.4 Å². The number of nitrogens with zero attached hydrogens (tertiary/aromatic N) is 1. The molecular formula is C15H13ClN2O4S2. The molecule has 1 heterocycles. The minimum atomic E-state index is -1.24. The molecule has 0 spiro atoms. The van der Waals surface area contributed by atoms with Crippen molar-refractivity contribution in [2.75, 3.05) is 0 Å². The van der Waals surface area contributed by atoms with Crippen molar-refractivity contribution in [2.45, 2.75) is 18.9 Å². The van der Waals surface area contributed by atoms with E-state index in [1.54, 1.807) is 30.3 Å². The Labute approximate surface area is 152 Å². The SMILES string of the molecule is NC(=O)CCC(C(=O)O)N1C(=O)/C(=C/c2cccc(Cl)c2)SC1=S. The van der Waals surface area contributed by atoms with Crippen LogP contribution in [0.5, 0.6) is 0 Å². The number of benzene rings is 1. The van der Waals surface area contributed by atoms with Crippen LogP contribution < -0.4 is 5.73 Å². The first-order valence-electron chi connectivity index (χ1n) is 6.83. The first kappa shape index (κ1) is 18.4. The highest BCUT2D eigenvalue weighted by Gasteiger charge is 2.40. The Morgan fingerprint density at radius 1 is 1.46 bits per heavy atom. The molecule has 2 rings (SSSR count). The lowest BCUT2D eigenvalue weighted by Gasteiger charge is -2.22. The average Bonchev–Trinajstić information content (AvgIpc) is 2.74. The van der Waals surface area contributed by atoms with Crippen molar-refractivity contribution in [1.82, 2.24) is 4.90 Å². The van der Waals surface area contributed by atoms with E-state index in [1.165, 1.54) is 0 Å². The molecule has 0 bridgehead atoms. The highest BCUT2D eigenvalue weighted by atomic mass is 35.5. The van der Waals surface area contributed by atoms with Gasteiger partial charge in [0.05, 0.1) is 4.91 Å². The minimum Gasteiger partial charge on any atom is -0.480 e. The van der Waals surface area contributed by atoms with Crippen LogP contribution in [0.15, 0.2) is 29.2 Å². The Morgan fingerprint density at radius 3 is 2.75 bits per heavy atom. The number of hydrogen-bond acceptors (Lipinski definition) is 5. The Balaban J connectivity index is 2.26. The number of hydrogen-bond donors (Lipinski definition) is 2. The summed E-state index contributed by atoms with van der Waals surface area (Å²) in [5.74, 6) is -2.39. The maximum absolute atomic E-state index is 12.5. The molecule has 1 aromatic rings. The number of carbonyl (C=O) groups excluding carboxylic acids is 2. The fourth-order valence-electron chi connectivity index (χ4n) is 2.14. The zero-order chi connectivity index (χ0) is 17.9. The van der Waals surface area contributed by atoms with E-state index in [1.807, 2.05) is 0 Å². The molecule has 0 radical (unpaired) electrons. The van der Waals surface area contributed by atoms with Gasteiger partial charge in [0.25, 0.3) is 5.91 Å². The highest BCUT2D eigenvalue weighted by Crippen LogP contribution is 2.35. The number of nitrogens with two attached hydrogens (primary N) is 1. The maximum atomic E-state index is 12.5. The van der Waals surface area contributed by atoms with Gasteiger partial charge in [-0.15, -0.1) is 0 Å². The molecule has 1 fully saturated rings. The quantitative estimate of drug-likeness (QED) is 0.576. The van der Waals surface area contributed by atoms with Crippen molar-refractivity contribution in [1.29, 1.82) is 0 Å². The van der Waals surface area contributed by atoms with Gasteiger partial charge in [-0.05, 0) is 30.2 Å². The van der Waals surface area contributed by atoms with Crippen molar-refractivity contribution < 1.29 is 19.5 Å². The molecule has 1 aliphatic heterocycles.